The molecule has 0 unspecified atom stereocenters. The monoisotopic (exact) mass is 260 g/mol. The largest absolute Gasteiger partial charge is 0.466 e. The van der Waals surface area contributed by atoms with Crippen molar-refractivity contribution in [1.29, 1.82) is 0 Å². The van der Waals surface area contributed by atoms with E-state index >= 15 is 0 Å². The number of hydrogen-bond donors (Lipinski definition) is 1. The number of rotatable bonds is 5. The van der Waals surface area contributed by atoms with Gasteiger partial charge in [0.25, 0.3) is 0 Å². The number of anilines is 1. The van der Waals surface area contributed by atoms with Crippen molar-refractivity contribution in [2.24, 2.45) is 0 Å². The second-order valence-corrected chi connectivity index (χ2v) is 4.36. The topological polar surface area (TPSA) is 64.4 Å². The summed E-state index contributed by atoms with van der Waals surface area (Å²) in [4.78, 5) is 16.0. The molecule has 2 rings (SSSR count). The molecule has 2 aromatic heterocycles. The highest BCUT2D eigenvalue weighted by Gasteiger charge is 2.10. The molecule has 0 saturated carbocycles. The van der Waals surface area contributed by atoms with Gasteiger partial charge in [0.1, 0.15) is 18.2 Å². The van der Waals surface area contributed by atoms with Crippen molar-refractivity contribution in [1.82, 2.24) is 4.98 Å². The van der Waals surface area contributed by atoms with Gasteiger partial charge >= 0.3 is 5.97 Å². The van der Waals surface area contributed by atoms with Crippen molar-refractivity contribution in [2.75, 3.05) is 5.32 Å². The second kappa shape index (κ2) is 6.04. The van der Waals surface area contributed by atoms with Crippen LogP contribution in [0, 0.1) is 0 Å². The molecular formula is C14H16N2O3. The Labute approximate surface area is 111 Å². The van der Waals surface area contributed by atoms with Gasteiger partial charge in [0, 0.05) is 6.04 Å². The van der Waals surface area contributed by atoms with E-state index in [1.807, 2.05) is 19.9 Å². The van der Waals surface area contributed by atoms with Gasteiger partial charge < -0.3 is 14.5 Å². The van der Waals surface area contributed by atoms with Crippen molar-refractivity contribution in [3.05, 3.63) is 48.0 Å². The molecule has 0 fully saturated rings. The van der Waals surface area contributed by atoms with Crippen LogP contribution in [0.1, 0.15) is 30.1 Å². The molecule has 19 heavy (non-hydrogen) atoms. The van der Waals surface area contributed by atoms with Crippen molar-refractivity contribution in [2.45, 2.75) is 26.5 Å². The zero-order chi connectivity index (χ0) is 13.7. The molecule has 0 atom stereocenters. The summed E-state index contributed by atoms with van der Waals surface area (Å²) in [6.07, 6.45) is 1.54. The normalized spacial score (nSPS) is 10.5. The van der Waals surface area contributed by atoms with Gasteiger partial charge in [0.15, 0.2) is 5.69 Å². The van der Waals surface area contributed by atoms with Crippen LogP contribution in [0.15, 0.2) is 41.0 Å². The van der Waals surface area contributed by atoms with E-state index in [0.717, 1.165) is 0 Å². The molecule has 0 spiro atoms. The molecule has 0 amide bonds. The third-order valence-corrected chi connectivity index (χ3v) is 2.32. The average molecular weight is 260 g/mol. The smallest absolute Gasteiger partial charge is 0.357 e. The molecule has 0 radical (unpaired) electrons. The summed E-state index contributed by atoms with van der Waals surface area (Å²) >= 11 is 0. The lowest BCUT2D eigenvalue weighted by molar-refractivity contribution is 0.0439. The Balaban J connectivity index is 1.98. The van der Waals surface area contributed by atoms with Crippen LogP contribution in [-0.4, -0.2) is 17.0 Å². The van der Waals surface area contributed by atoms with Gasteiger partial charge in [-0.1, -0.05) is 6.07 Å². The maximum Gasteiger partial charge on any atom is 0.357 e. The fourth-order valence-electron chi connectivity index (χ4n) is 1.53. The van der Waals surface area contributed by atoms with E-state index in [4.69, 9.17) is 9.15 Å². The van der Waals surface area contributed by atoms with Gasteiger partial charge in [-0.05, 0) is 38.1 Å². The number of esters is 1. The Bertz CT molecular complexity index is 535. The van der Waals surface area contributed by atoms with Crippen molar-refractivity contribution < 1.29 is 13.9 Å². The fourth-order valence-corrected chi connectivity index (χ4v) is 1.53. The third kappa shape index (κ3) is 3.84. The molecule has 5 heteroatoms. The Morgan fingerprint density at radius 2 is 2.21 bits per heavy atom. The molecule has 100 valence electrons. The van der Waals surface area contributed by atoms with E-state index in [1.165, 1.54) is 6.26 Å². The van der Waals surface area contributed by atoms with Gasteiger partial charge in [-0.15, -0.1) is 0 Å². The summed E-state index contributed by atoms with van der Waals surface area (Å²) in [6, 6.07) is 8.94. The van der Waals surface area contributed by atoms with Crippen molar-refractivity contribution in [3.63, 3.8) is 0 Å². The van der Waals surface area contributed by atoms with Crippen LogP contribution in [0.25, 0.3) is 0 Å². The number of furan rings is 1. The Morgan fingerprint density at radius 3 is 2.89 bits per heavy atom. The second-order valence-electron chi connectivity index (χ2n) is 4.36. The molecule has 0 aliphatic heterocycles. The molecule has 0 aromatic carbocycles. The Kier molecular flexibility index (Phi) is 4.18. The SMILES string of the molecule is CC(C)Nc1cccc(C(=O)OCc2ccco2)n1. The number of ether oxygens (including phenoxy) is 1. The van der Waals surface area contributed by atoms with Gasteiger partial charge in [0.05, 0.1) is 6.26 Å². The Hall–Kier alpha value is -2.30. The van der Waals surface area contributed by atoms with Crippen molar-refractivity contribution >= 4 is 11.8 Å². The van der Waals surface area contributed by atoms with Crippen LogP contribution in [0.4, 0.5) is 5.82 Å². The minimum absolute atomic E-state index is 0.106. The number of nitrogens with one attached hydrogen (secondary N) is 1. The van der Waals surface area contributed by atoms with Crippen LogP contribution in [0.3, 0.4) is 0 Å². The predicted molar refractivity (Wildman–Crippen MR) is 70.8 cm³/mol. The van der Waals surface area contributed by atoms with Gasteiger partial charge in [0.2, 0.25) is 0 Å². The van der Waals surface area contributed by atoms with E-state index in [-0.39, 0.29) is 18.3 Å². The fraction of sp³-hybridized carbons (Fsp3) is 0.286. The predicted octanol–water partition coefficient (Wildman–Crippen LogP) is 2.85. The first-order valence-electron chi connectivity index (χ1n) is 6.08. The molecule has 2 heterocycles. The van der Waals surface area contributed by atoms with E-state index in [9.17, 15) is 4.79 Å². The number of nitrogens with zero attached hydrogens (tertiary/aromatic N) is 1. The zero-order valence-corrected chi connectivity index (χ0v) is 10.9. The summed E-state index contributed by atoms with van der Waals surface area (Å²) in [7, 11) is 0. The van der Waals surface area contributed by atoms with Crippen LogP contribution in [-0.2, 0) is 11.3 Å². The standard InChI is InChI=1S/C14H16N2O3/c1-10(2)15-13-7-3-6-12(16-13)14(17)19-9-11-5-4-8-18-11/h3-8,10H,9H2,1-2H3,(H,15,16). The van der Waals surface area contributed by atoms with Crippen LogP contribution >= 0.6 is 0 Å². The van der Waals surface area contributed by atoms with E-state index < -0.39 is 5.97 Å². The highest BCUT2D eigenvalue weighted by molar-refractivity contribution is 5.87. The summed E-state index contributed by atoms with van der Waals surface area (Å²) in [6.45, 7) is 4.11. The quantitative estimate of drug-likeness (QED) is 0.837. The van der Waals surface area contributed by atoms with Crippen molar-refractivity contribution in [3.8, 4) is 0 Å². The first-order valence-corrected chi connectivity index (χ1v) is 6.08. The lowest BCUT2D eigenvalue weighted by Gasteiger charge is -2.09. The van der Waals surface area contributed by atoms with Crippen LogP contribution in [0.2, 0.25) is 0 Å². The van der Waals surface area contributed by atoms with Gasteiger partial charge in [-0.3, -0.25) is 0 Å². The third-order valence-electron chi connectivity index (χ3n) is 2.32. The summed E-state index contributed by atoms with van der Waals surface area (Å²) in [5.41, 5.74) is 0.275. The number of carbonyl (C=O) groups is 1. The minimum Gasteiger partial charge on any atom is -0.466 e. The first-order chi connectivity index (χ1) is 9.15. The molecule has 5 nitrogen and oxygen atoms in total. The Morgan fingerprint density at radius 1 is 1.37 bits per heavy atom. The summed E-state index contributed by atoms with van der Waals surface area (Å²) in [5, 5.41) is 3.13. The maximum absolute atomic E-state index is 11.8. The molecule has 0 aliphatic rings. The minimum atomic E-state index is -0.469. The molecule has 2 aromatic rings. The highest BCUT2D eigenvalue weighted by Crippen LogP contribution is 2.09. The van der Waals surface area contributed by atoms with E-state index in [1.54, 1.807) is 24.3 Å². The number of hydrogen-bond acceptors (Lipinski definition) is 5. The van der Waals surface area contributed by atoms with Gasteiger partial charge in [-0.2, -0.15) is 0 Å². The number of aromatic nitrogens is 1. The maximum atomic E-state index is 11.8. The first kappa shape index (κ1) is 13.1. The molecule has 0 bridgehead atoms. The highest BCUT2D eigenvalue weighted by atomic mass is 16.5. The van der Waals surface area contributed by atoms with E-state index in [0.29, 0.717) is 11.6 Å². The van der Waals surface area contributed by atoms with Gasteiger partial charge in [-0.25, -0.2) is 9.78 Å². The summed E-state index contributed by atoms with van der Waals surface area (Å²) < 4.78 is 10.2. The number of carbonyl (C=O) groups excluding carboxylic acids is 1. The lowest BCUT2D eigenvalue weighted by atomic mass is 10.3. The van der Waals surface area contributed by atoms with Crippen LogP contribution in [0.5, 0.6) is 0 Å². The van der Waals surface area contributed by atoms with E-state index in [2.05, 4.69) is 10.3 Å². The molecule has 1 N–H and O–H groups in total. The summed E-state index contributed by atoms with van der Waals surface area (Å²) in [5.74, 6) is 0.788. The lowest BCUT2D eigenvalue weighted by Crippen LogP contribution is -2.13. The molecule has 0 aliphatic carbocycles. The number of pyridine rings is 1. The van der Waals surface area contributed by atoms with Crippen LogP contribution < -0.4 is 5.32 Å². The molecular weight excluding hydrogens is 244 g/mol. The average Bonchev–Trinajstić information content (AvgIpc) is 2.88. The zero-order valence-electron chi connectivity index (χ0n) is 10.9. The molecule has 0 saturated heterocycles.